The van der Waals surface area contributed by atoms with Crippen LogP contribution in [0.1, 0.15) is 16.7 Å². The summed E-state index contributed by atoms with van der Waals surface area (Å²) in [6, 6.07) is 28.8. The number of non-ortho nitro benzene ring substituents is 1. The lowest BCUT2D eigenvalue weighted by Gasteiger charge is -2.13. The van der Waals surface area contributed by atoms with Crippen molar-refractivity contribution < 1.29 is 18.1 Å². The molecule has 6 aromatic rings. The third kappa shape index (κ3) is 5.55. The molecule has 0 saturated heterocycles. The van der Waals surface area contributed by atoms with Gasteiger partial charge in [-0.25, -0.2) is 18.4 Å². The Labute approximate surface area is 252 Å². The van der Waals surface area contributed by atoms with Crippen molar-refractivity contribution in [3.63, 3.8) is 0 Å². The predicted octanol–water partition coefficient (Wildman–Crippen LogP) is 6.33. The topological polar surface area (TPSA) is 137 Å². The molecule has 0 aliphatic carbocycles. The van der Waals surface area contributed by atoms with E-state index in [1.807, 2.05) is 43.3 Å². The van der Waals surface area contributed by atoms with Crippen LogP contribution in [0.4, 0.5) is 11.5 Å². The largest absolute Gasteiger partial charge is 0.307 e. The van der Waals surface area contributed by atoms with E-state index in [1.54, 1.807) is 41.0 Å². The van der Waals surface area contributed by atoms with Gasteiger partial charge in [-0.3, -0.25) is 14.9 Å². The maximum atomic E-state index is 14.3. The van der Waals surface area contributed by atoms with Crippen LogP contribution in [0, 0.1) is 17.0 Å². The third-order valence-electron chi connectivity index (χ3n) is 7.04. The molecule has 0 bridgehead atoms. The lowest BCUT2D eigenvalue weighted by Crippen LogP contribution is -2.16. The smallest absolute Gasteiger partial charge is 0.270 e. The summed E-state index contributed by atoms with van der Waals surface area (Å²) in [5.74, 6) is -0.632. The summed E-state index contributed by atoms with van der Waals surface area (Å²) in [7, 11) is -4.22. The molecule has 0 unspecified atom stereocenters. The second-order valence-corrected chi connectivity index (χ2v) is 12.0. The molecule has 1 N–H and O–H groups in total. The van der Waals surface area contributed by atoms with E-state index in [0.717, 1.165) is 11.1 Å². The zero-order valence-electron chi connectivity index (χ0n) is 23.4. The first-order valence-electron chi connectivity index (χ1n) is 13.6. The number of hydrogen-bond donors (Lipinski definition) is 1. The number of nitro groups is 1. The molecule has 0 spiro atoms. The maximum Gasteiger partial charge on any atom is 0.270 e. The molecule has 44 heavy (non-hydrogen) atoms. The van der Waals surface area contributed by atoms with Crippen LogP contribution in [0.15, 0.2) is 119 Å². The fourth-order valence-electron chi connectivity index (χ4n) is 4.88. The van der Waals surface area contributed by atoms with Gasteiger partial charge in [0.25, 0.3) is 5.69 Å². The molecule has 11 heteroatoms. The van der Waals surface area contributed by atoms with Crippen molar-refractivity contribution in [2.24, 2.45) is 0 Å². The lowest BCUT2D eigenvalue weighted by atomic mass is 10.2. The van der Waals surface area contributed by atoms with Crippen LogP contribution in [0.5, 0.6) is 0 Å². The van der Waals surface area contributed by atoms with Crippen molar-refractivity contribution in [3.05, 3.63) is 136 Å². The summed E-state index contributed by atoms with van der Waals surface area (Å²) in [5.41, 5.74) is 3.53. The second kappa shape index (κ2) is 11.5. The summed E-state index contributed by atoms with van der Waals surface area (Å²) in [4.78, 5) is 33.5. The number of aryl methyl sites for hydroxylation is 1. The van der Waals surface area contributed by atoms with Crippen molar-refractivity contribution in [1.82, 2.24) is 14.5 Å². The minimum absolute atomic E-state index is 0.00780. The van der Waals surface area contributed by atoms with E-state index < -0.39 is 20.7 Å². The van der Waals surface area contributed by atoms with Crippen molar-refractivity contribution in [3.8, 4) is 0 Å². The van der Waals surface area contributed by atoms with Crippen LogP contribution in [-0.4, -0.2) is 33.8 Å². The fourth-order valence-corrected chi connectivity index (χ4v) is 6.42. The average molecular weight is 604 g/mol. The number of anilines is 1. The van der Waals surface area contributed by atoms with Crippen LogP contribution in [0.25, 0.3) is 28.3 Å². The first-order valence-corrected chi connectivity index (χ1v) is 15.1. The molecule has 0 fully saturated rings. The van der Waals surface area contributed by atoms with Crippen LogP contribution >= 0.6 is 0 Å². The Bertz CT molecular complexity index is 2190. The molecule has 10 nitrogen and oxygen atoms in total. The molecule has 4 aromatic carbocycles. The van der Waals surface area contributed by atoms with Gasteiger partial charge in [0.2, 0.25) is 15.7 Å². The van der Waals surface area contributed by atoms with Crippen molar-refractivity contribution in [2.45, 2.75) is 23.3 Å². The summed E-state index contributed by atoms with van der Waals surface area (Å²) in [6.07, 6.45) is 2.62. The quantitative estimate of drug-likeness (QED) is 0.122. The number of sulfone groups is 1. The van der Waals surface area contributed by atoms with Crippen LogP contribution in [0.3, 0.4) is 0 Å². The van der Waals surface area contributed by atoms with Gasteiger partial charge >= 0.3 is 0 Å². The van der Waals surface area contributed by atoms with Gasteiger partial charge in [0.05, 0.1) is 27.4 Å². The summed E-state index contributed by atoms with van der Waals surface area (Å²) >= 11 is 0. The molecule has 6 rings (SSSR count). The van der Waals surface area contributed by atoms with E-state index in [1.165, 1.54) is 42.5 Å². The number of carbonyl (C=O) groups is 1. The Hall–Kier alpha value is -5.68. The van der Waals surface area contributed by atoms with E-state index in [0.29, 0.717) is 16.6 Å². The highest BCUT2D eigenvalue weighted by Gasteiger charge is 2.32. The van der Waals surface area contributed by atoms with E-state index in [9.17, 15) is 23.3 Å². The monoisotopic (exact) mass is 603 g/mol. The number of para-hydroxylation sites is 2. The summed E-state index contributed by atoms with van der Waals surface area (Å²) in [6.45, 7) is 2.05. The second-order valence-electron chi connectivity index (χ2n) is 10.1. The summed E-state index contributed by atoms with van der Waals surface area (Å²) < 4.78 is 30.3. The Balaban J connectivity index is 1.56. The Morgan fingerprint density at radius 1 is 0.909 bits per heavy atom. The average Bonchev–Trinajstić information content (AvgIpc) is 3.31. The number of nitro benzene ring substituents is 1. The molecule has 2 heterocycles. The zero-order valence-corrected chi connectivity index (χ0v) is 24.2. The number of nitrogens with zero attached hydrogens (tertiary/aromatic N) is 4. The van der Waals surface area contributed by atoms with E-state index >= 15 is 0 Å². The van der Waals surface area contributed by atoms with Gasteiger partial charge in [-0.05, 0) is 48.4 Å². The molecule has 0 atom stereocenters. The normalized spacial score (nSPS) is 11.8. The zero-order chi connectivity index (χ0) is 30.8. The number of aromatic nitrogens is 3. The van der Waals surface area contributed by atoms with Crippen LogP contribution < -0.4 is 5.32 Å². The van der Waals surface area contributed by atoms with Gasteiger partial charge in [0, 0.05) is 18.2 Å². The highest BCUT2D eigenvalue weighted by molar-refractivity contribution is 7.92. The molecule has 1 amide bonds. The van der Waals surface area contributed by atoms with Crippen molar-refractivity contribution in [2.75, 3.05) is 5.32 Å². The molecule has 0 aliphatic heterocycles. The number of carbonyl (C=O) groups excluding carboxylic acids is 1. The minimum Gasteiger partial charge on any atom is -0.307 e. The van der Waals surface area contributed by atoms with Crippen molar-refractivity contribution >= 4 is 55.5 Å². The molecule has 2 aromatic heterocycles. The highest BCUT2D eigenvalue weighted by atomic mass is 32.2. The van der Waals surface area contributed by atoms with E-state index in [-0.39, 0.29) is 39.0 Å². The van der Waals surface area contributed by atoms with Gasteiger partial charge in [0.1, 0.15) is 16.2 Å². The molecule has 218 valence electrons. The number of fused-ring (bicyclic) bond motifs is 2. The minimum atomic E-state index is -4.22. The number of nitrogens with one attached hydrogen (secondary N) is 1. The van der Waals surface area contributed by atoms with Gasteiger partial charge in [-0.15, -0.1) is 0 Å². The maximum absolute atomic E-state index is 14.3. The fraction of sp³-hybridized carbons (Fsp3) is 0.0606. The van der Waals surface area contributed by atoms with Crippen LogP contribution in [0.2, 0.25) is 0 Å². The Morgan fingerprint density at radius 2 is 1.59 bits per heavy atom. The molecule has 0 saturated carbocycles. The Kier molecular flexibility index (Phi) is 7.46. The first kappa shape index (κ1) is 28.4. The number of rotatable bonds is 8. The number of hydrogen-bond acceptors (Lipinski definition) is 7. The Morgan fingerprint density at radius 3 is 2.30 bits per heavy atom. The van der Waals surface area contributed by atoms with Gasteiger partial charge < -0.3 is 9.88 Å². The first-order chi connectivity index (χ1) is 21.2. The lowest BCUT2D eigenvalue weighted by molar-refractivity contribution is -0.384. The van der Waals surface area contributed by atoms with E-state index in [2.05, 4.69) is 5.32 Å². The van der Waals surface area contributed by atoms with Gasteiger partial charge in [-0.2, -0.15) is 0 Å². The van der Waals surface area contributed by atoms with Gasteiger partial charge in [0.15, 0.2) is 5.65 Å². The molecular formula is C33H25N5O5S. The SMILES string of the molecule is Cc1ccc(S(=O)(=O)c2c(NC(=O)/C=C/c3cccc([N+](=O)[O-])c3)n(Cc3ccccc3)c3nc4ccccc4nc23)cc1. The number of benzene rings is 4. The third-order valence-corrected chi connectivity index (χ3v) is 8.86. The molecular weight excluding hydrogens is 578 g/mol. The number of amides is 1. The standard InChI is InChI=1S/C33H25N5O5S/c1-22-14-17-26(18-15-22)44(42,43)31-30-32(35-28-13-6-5-12-27(28)34-30)37(21-24-8-3-2-4-9-24)33(31)36-29(39)19-16-23-10-7-11-25(20-23)38(40)41/h2-20H,21H2,1H3,(H,36,39)/b19-16+. The van der Waals surface area contributed by atoms with E-state index in [4.69, 9.17) is 9.97 Å². The predicted molar refractivity (Wildman–Crippen MR) is 168 cm³/mol. The van der Waals surface area contributed by atoms with Crippen LogP contribution in [-0.2, 0) is 21.2 Å². The highest BCUT2D eigenvalue weighted by Crippen LogP contribution is 2.37. The summed E-state index contributed by atoms with van der Waals surface area (Å²) in [5, 5.41) is 14.0. The molecule has 0 aliphatic rings. The van der Waals surface area contributed by atoms with Gasteiger partial charge in [-0.1, -0.05) is 72.3 Å². The van der Waals surface area contributed by atoms with Crippen molar-refractivity contribution in [1.29, 1.82) is 0 Å². The molecule has 0 radical (unpaired) electrons.